The Bertz CT molecular complexity index is 870. The molecule has 1 N–H and O–H groups in total. The van der Waals surface area contributed by atoms with Gasteiger partial charge in [0.2, 0.25) is 0 Å². The molecule has 168 valence electrons. The molecule has 0 bridgehead atoms. The highest BCUT2D eigenvalue weighted by Crippen LogP contribution is 2.33. The third-order valence-corrected chi connectivity index (χ3v) is 7.32. The zero-order valence-electron chi connectivity index (χ0n) is 19.4. The lowest BCUT2D eigenvalue weighted by atomic mass is 9.88. The van der Waals surface area contributed by atoms with Crippen LogP contribution in [0.3, 0.4) is 0 Å². The fourth-order valence-electron chi connectivity index (χ4n) is 4.64. The molecular formula is C25H36N4OS. The predicted molar refractivity (Wildman–Crippen MR) is 132 cm³/mol. The molecule has 6 heteroatoms. The molecule has 0 spiro atoms. The number of carbonyl (C=O) groups is 1. The Hall–Kier alpha value is -2.18. The molecule has 5 nitrogen and oxygen atoms in total. The summed E-state index contributed by atoms with van der Waals surface area (Å²) in [4.78, 5) is 22.2. The molecule has 0 radical (unpaired) electrons. The predicted octanol–water partition coefficient (Wildman–Crippen LogP) is 4.77. The molecule has 1 amide bonds. The summed E-state index contributed by atoms with van der Waals surface area (Å²) >= 11 is 1.62. The van der Waals surface area contributed by atoms with Gasteiger partial charge in [-0.2, -0.15) is 0 Å². The van der Waals surface area contributed by atoms with Crippen molar-refractivity contribution in [2.24, 2.45) is 0 Å². The van der Waals surface area contributed by atoms with E-state index in [1.54, 1.807) is 17.5 Å². The third kappa shape index (κ3) is 5.74. The van der Waals surface area contributed by atoms with Crippen LogP contribution >= 0.6 is 11.3 Å². The molecule has 31 heavy (non-hydrogen) atoms. The van der Waals surface area contributed by atoms with Gasteiger partial charge >= 0.3 is 0 Å². The van der Waals surface area contributed by atoms with E-state index in [9.17, 15) is 4.79 Å². The number of aromatic nitrogens is 1. The smallest absolute Gasteiger partial charge is 0.251 e. The highest BCUT2D eigenvalue weighted by molar-refractivity contribution is 7.09. The molecule has 1 heterocycles. The molecule has 0 aliphatic heterocycles. The molecular weight excluding hydrogens is 404 g/mol. The number of anilines is 1. The first-order chi connectivity index (χ1) is 14.9. The van der Waals surface area contributed by atoms with Crippen LogP contribution in [0.15, 0.2) is 30.3 Å². The minimum Gasteiger partial charge on any atom is -0.369 e. The second-order valence-corrected chi connectivity index (χ2v) is 9.54. The first kappa shape index (κ1) is 23.5. The molecule has 0 atom stereocenters. The second kappa shape index (κ2) is 10.9. The fraction of sp³-hybridized carbons (Fsp3) is 0.520. The van der Waals surface area contributed by atoms with Gasteiger partial charge < -0.3 is 15.1 Å². The molecule has 1 aliphatic carbocycles. The Morgan fingerprint density at radius 3 is 2.55 bits per heavy atom. The summed E-state index contributed by atoms with van der Waals surface area (Å²) in [5.74, 6) is -0.0219. The number of carbonyl (C=O) groups excluding carboxylic acids is 1. The van der Waals surface area contributed by atoms with Gasteiger partial charge in [-0.1, -0.05) is 12.7 Å². The van der Waals surface area contributed by atoms with Crippen molar-refractivity contribution in [2.45, 2.75) is 58.0 Å². The van der Waals surface area contributed by atoms with Gasteiger partial charge in [-0.15, -0.1) is 11.3 Å². The number of hydrogen-bond acceptors (Lipinski definition) is 5. The van der Waals surface area contributed by atoms with Gasteiger partial charge in [0.25, 0.3) is 5.91 Å². The average Bonchev–Trinajstić information content (AvgIpc) is 3.29. The molecule has 1 saturated carbocycles. The van der Waals surface area contributed by atoms with Crippen LogP contribution in [0.1, 0.15) is 59.1 Å². The van der Waals surface area contributed by atoms with Gasteiger partial charge in [-0.3, -0.25) is 4.79 Å². The molecule has 1 aliphatic rings. The number of nitrogens with zero attached hydrogens (tertiary/aromatic N) is 3. The van der Waals surface area contributed by atoms with Crippen LogP contribution in [0.25, 0.3) is 6.08 Å². The molecule has 1 fully saturated rings. The first-order valence-corrected chi connectivity index (χ1v) is 12.2. The van der Waals surface area contributed by atoms with E-state index in [-0.39, 0.29) is 5.91 Å². The topological polar surface area (TPSA) is 48.5 Å². The maximum absolute atomic E-state index is 13.0. The van der Waals surface area contributed by atoms with E-state index < -0.39 is 0 Å². The van der Waals surface area contributed by atoms with Crippen molar-refractivity contribution >= 4 is 29.0 Å². The van der Waals surface area contributed by atoms with E-state index in [1.165, 1.54) is 31.4 Å². The summed E-state index contributed by atoms with van der Waals surface area (Å²) in [6.07, 6.45) is 9.21. The lowest BCUT2D eigenvalue weighted by Gasteiger charge is -2.40. The van der Waals surface area contributed by atoms with Gasteiger partial charge in [0.05, 0.1) is 5.01 Å². The van der Waals surface area contributed by atoms with Crippen molar-refractivity contribution in [3.05, 3.63) is 52.0 Å². The van der Waals surface area contributed by atoms with Crippen molar-refractivity contribution in [3.63, 3.8) is 0 Å². The summed E-state index contributed by atoms with van der Waals surface area (Å²) in [6, 6.07) is 5.34. The average molecular weight is 441 g/mol. The number of thiazole rings is 1. The first-order valence-electron chi connectivity index (χ1n) is 11.3. The third-order valence-electron chi connectivity index (χ3n) is 6.48. The highest BCUT2D eigenvalue weighted by Gasteiger charge is 2.28. The van der Waals surface area contributed by atoms with Crippen molar-refractivity contribution in [1.82, 2.24) is 15.2 Å². The monoisotopic (exact) mass is 440 g/mol. The van der Waals surface area contributed by atoms with Crippen molar-refractivity contribution in [2.75, 3.05) is 32.1 Å². The molecule has 3 rings (SSSR count). The van der Waals surface area contributed by atoms with Crippen LogP contribution in [0.4, 0.5) is 5.69 Å². The van der Waals surface area contributed by atoms with Gasteiger partial charge in [0.1, 0.15) is 0 Å². The van der Waals surface area contributed by atoms with Crippen molar-refractivity contribution in [1.29, 1.82) is 0 Å². The second-order valence-electron chi connectivity index (χ2n) is 8.56. The van der Waals surface area contributed by atoms with Crippen LogP contribution in [0.5, 0.6) is 0 Å². The van der Waals surface area contributed by atoms with Crippen LogP contribution in [-0.4, -0.2) is 55.1 Å². The number of rotatable bonds is 9. The Kier molecular flexibility index (Phi) is 8.27. The normalized spacial score (nSPS) is 18.7. The molecule has 0 unspecified atom stereocenters. The Balaban J connectivity index is 1.78. The summed E-state index contributed by atoms with van der Waals surface area (Å²) < 4.78 is 0. The molecule has 1 aromatic carbocycles. The van der Waals surface area contributed by atoms with Gasteiger partial charge in [-0.25, -0.2) is 4.98 Å². The SMILES string of the molecule is C=Cc1cc(C(=O)NCCc2nccs2)c(C)c(N(CC)C2CCC(N(C)C)CC2)c1. The fourth-order valence-corrected chi connectivity index (χ4v) is 5.26. The Morgan fingerprint density at radius 1 is 1.26 bits per heavy atom. The van der Waals surface area contributed by atoms with Crippen LogP contribution in [0, 0.1) is 6.92 Å². The van der Waals surface area contributed by atoms with Gasteiger partial charge in [0, 0.05) is 54.4 Å². The van der Waals surface area contributed by atoms with Gasteiger partial charge in [0.15, 0.2) is 0 Å². The largest absolute Gasteiger partial charge is 0.369 e. The van der Waals surface area contributed by atoms with E-state index in [4.69, 9.17) is 0 Å². The quantitative estimate of drug-likeness (QED) is 0.610. The van der Waals surface area contributed by atoms with E-state index >= 15 is 0 Å². The van der Waals surface area contributed by atoms with E-state index in [1.807, 2.05) is 17.5 Å². The van der Waals surface area contributed by atoms with E-state index in [0.717, 1.165) is 34.7 Å². The molecule has 0 saturated heterocycles. The van der Waals surface area contributed by atoms with E-state index in [2.05, 4.69) is 60.7 Å². The van der Waals surface area contributed by atoms with Crippen molar-refractivity contribution < 1.29 is 4.79 Å². The van der Waals surface area contributed by atoms with Gasteiger partial charge in [-0.05, 0) is 76.9 Å². The summed E-state index contributed by atoms with van der Waals surface area (Å²) in [5, 5.41) is 6.09. The number of nitrogens with one attached hydrogen (secondary N) is 1. The zero-order chi connectivity index (χ0) is 22.4. The Labute approximate surface area is 191 Å². The minimum atomic E-state index is -0.0219. The summed E-state index contributed by atoms with van der Waals surface area (Å²) in [7, 11) is 4.36. The number of hydrogen-bond donors (Lipinski definition) is 1. The van der Waals surface area contributed by atoms with Crippen molar-refractivity contribution in [3.8, 4) is 0 Å². The zero-order valence-corrected chi connectivity index (χ0v) is 20.2. The van der Waals surface area contributed by atoms with E-state index in [0.29, 0.717) is 18.6 Å². The maximum atomic E-state index is 13.0. The lowest BCUT2D eigenvalue weighted by Crippen LogP contribution is -2.42. The molecule has 1 aromatic heterocycles. The minimum absolute atomic E-state index is 0.0219. The number of benzene rings is 1. The molecule has 2 aromatic rings. The highest BCUT2D eigenvalue weighted by atomic mass is 32.1. The Morgan fingerprint density at radius 2 is 1.97 bits per heavy atom. The van der Waals surface area contributed by atoms with Crippen LogP contribution in [-0.2, 0) is 6.42 Å². The van der Waals surface area contributed by atoms with Crippen LogP contribution in [0.2, 0.25) is 0 Å². The van der Waals surface area contributed by atoms with Crippen LogP contribution < -0.4 is 10.2 Å². The summed E-state index contributed by atoms with van der Waals surface area (Å²) in [6.45, 7) is 9.78. The maximum Gasteiger partial charge on any atom is 0.251 e. The lowest BCUT2D eigenvalue weighted by molar-refractivity contribution is 0.0953. The number of amides is 1. The summed E-state index contributed by atoms with van der Waals surface area (Å²) in [5.41, 5.74) is 3.95. The standard InChI is InChI=1S/C25H36N4OS/c1-6-19-16-22(25(30)27-13-12-24-26-14-15-31-24)18(3)23(17-19)29(7-2)21-10-8-20(9-11-21)28(4)5/h6,14-17,20-21H,1,7-13H2,2-5H3,(H,27,30).